The second kappa shape index (κ2) is 10.9. The number of carbonyl (C=O) groups excluding carboxylic acids is 2. The zero-order valence-electron chi connectivity index (χ0n) is 17.8. The molecular weight excluding hydrogens is 440 g/mol. The highest BCUT2D eigenvalue weighted by Gasteiger charge is 2.44. The molecule has 0 unspecified atom stereocenters. The topological polar surface area (TPSA) is 144 Å². The summed E-state index contributed by atoms with van der Waals surface area (Å²) < 4.78 is 5.26. The monoisotopic (exact) mass is 468 g/mol. The number of carboxylic acid groups (broad SMARTS) is 1. The van der Waals surface area contributed by atoms with Crippen LogP contribution in [0.15, 0.2) is 23.0 Å². The number of ether oxygens (including phenoxy) is 1. The second-order valence-corrected chi connectivity index (χ2v) is 9.33. The van der Waals surface area contributed by atoms with Crippen molar-refractivity contribution in [3.8, 4) is 0 Å². The van der Waals surface area contributed by atoms with E-state index in [2.05, 4.69) is 21.9 Å². The van der Waals surface area contributed by atoms with E-state index in [0.717, 1.165) is 5.01 Å². The quantitative estimate of drug-likeness (QED) is 0.330. The maximum absolute atomic E-state index is 13.2. The van der Waals surface area contributed by atoms with Crippen molar-refractivity contribution in [1.82, 2.24) is 10.3 Å². The van der Waals surface area contributed by atoms with E-state index in [9.17, 15) is 14.4 Å². The molecule has 0 saturated carbocycles. The third-order valence-electron chi connectivity index (χ3n) is 4.83. The highest BCUT2D eigenvalue weighted by molar-refractivity contribution is 8.14. The Bertz CT molecular complexity index is 870. The molecule has 1 aliphatic heterocycles. The summed E-state index contributed by atoms with van der Waals surface area (Å²) in [6, 6.07) is -0.945. The van der Waals surface area contributed by atoms with E-state index >= 15 is 0 Å². The van der Waals surface area contributed by atoms with Crippen LogP contribution in [0.25, 0.3) is 0 Å². The molecule has 3 atom stereocenters. The van der Waals surface area contributed by atoms with Gasteiger partial charge < -0.3 is 20.9 Å². The number of nitrogens with one attached hydrogen (secondary N) is 1. The predicted octanol–water partition coefficient (Wildman–Crippen LogP) is 1.96. The number of carbonyl (C=O) groups is 3. The Morgan fingerprint density at radius 2 is 2.16 bits per heavy atom. The first-order chi connectivity index (χ1) is 14.7. The van der Waals surface area contributed by atoms with E-state index in [0.29, 0.717) is 29.5 Å². The molecule has 170 valence electrons. The van der Waals surface area contributed by atoms with Crippen molar-refractivity contribution in [2.45, 2.75) is 57.8 Å². The molecule has 31 heavy (non-hydrogen) atoms. The van der Waals surface area contributed by atoms with Crippen LogP contribution >= 0.6 is 23.1 Å². The van der Waals surface area contributed by atoms with Crippen molar-refractivity contribution in [3.05, 3.63) is 28.7 Å². The third kappa shape index (κ3) is 6.14. The largest absolute Gasteiger partial charge is 0.481 e. The summed E-state index contributed by atoms with van der Waals surface area (Å²) in [7, 11) is 0. The maximum atomic E-state index is 13.2. The molecular formula is C20H28N4O5S2. The summed E-state index contributed by atoms with van der Waals surface area (Å²) in [5, 5.41) is 15.0. The number of nitrogens with two attached hydrogens (primary N) is 1. The molecule has 2 rings (SSSR count). The number of hydrogen-bond donors (Lipinski definition) is 3. The number of aliphatic carboxylic acids is 1. The summed E-state index contributed by atoms with van der Waals surface area (Å²) in [5.41, 5.74) is 5.29. The molecule has 1 amide bonds. The third-order valence-corrected chi connectivity index (χ3v) is 6.90. The van der Waals surface area contributed by atoms with Crippen LogP contribution in [0.5, 0.6) is 0 Å². The van der Waals surface area contributed by atoms with Crippen LogP contribution in [-0.2, 0) is 25.7 Å². The zero-order valence-corrected chi connectivity index (χ0v) is 19.4. The molecule has 0 aliphatic carbocycles. The number of thioether (sulfide) groups is 1. The molecule has 1 aliphatic rings. The number of carboxylic acids is 1. The Kier molecular flexibility index (Phi) is 8.78. The van der Waals surface area contributed by atoms with Crippen LogP contribution in [0.4, 0.5) is 0 Å². The number of amides is 1. The summed E-state index contributed by atoms with van der Waals surface area (Å²) in [4.78, 5) is 45.9. The lowest BCUT2D eigenvalue weighted by Gasteiger charge is -2.28. The Balaban J connectivity index is 2.17. The summed E-state index contributed by atoms with van der Waals surface area (Å²) >= 11 is 2.88. The zero-order chi connectivity index (χ0) is 23.2. The maximum Gasteiger partial charge on any atom is 0.329 e. The minimum absolute atomic E-state index is 0.274. The summed E-state index contributed by atoms with van der Waals surface area (Å²) in [5.74, 6) is -2.05. The number of rotatable bonds is 11. The van der Waals surface area contributed by atoms with Crippen molar-refractivity contribution in [2.75, 3.05) is 5.75 Å². The molecule has 4 N–H and O–H groups in total. The molecule has 1 aromatic rings. The fraction of sp³-hybridized carbons (Fsp3) is 0.550. The van der Waals surface area contributed by atoms with Gasteiger partial charge in [0.15, 0.2) is 0 Å². The smallest absolute Gasteiger partial charge is 0.329 e. The van der Waals surface area contributed by atoms with Crippen LogP contribution in [0, 0.1) is 5.92 Å². The first kappa shape index (κ1) is 25.0. The van der Waals surface area contributed by atoms with E-state index in [4.69, 9.17) is 15.6 Å². The number of aromatic nitrogens is 1. The molecule has 2 heterocycles. The Morgan fingerprint density at radius 1 is 1.45 bits per heavy atom. The van der Waals surface area contributed by atoms with E-state index in [1.54, 1.807) is 13.8 Å². The summed E-state index contributed by atoms with van der Waals surface area (Å²) in [6.07, 6.45) is 0.329. The highest BCUT2D eigenvalue weighted by Crippen LogP contribution is 2.34. The molecule has 0 bridgehead atoms. The van der Waals surface area contributed by atoms with Crippen LogP contribution in [0.1, 0.15) is 44.3 Å². The Labute approximate surface area is 189 Å². The van der Waals surface area contributed by atoms with Crippen molar-refractivity contribution in [3.63, 3.8) is 0 Å². The number of thiazole rings is 1. The van der Waals surface area contributed by atoms with Gasteiger partial charge in [0, 0.05) is 17.7 Å². The minimum Gasteiger partial charge on any atom is -0.481 e. The molecule has 9 nitrogen and oxygen atoms in total. The van der Waals surface area contributed by atoms with E-state index in [-0.39, 0.29) is 11.8 Å². The van der Waals surface area contributed by atoms with E-state index in [1.807, 2.05) is 12.3 Å². The number of aliphatic imine (C=N–C) groups is 1. The lowest BCUT2D eigenvalue weighted by atomic mass is 9.96. The fourth-order valence-electron chi connectivity index (χ4n) is 2.88. The van der Waals surface area contributed by atoms with Gasteiger partial charge in [0.2, 0.25) is 5.91 Å². The molecule has 0 spiro atoms. The molecule has 0 fully saturated rings. The van der Waals surface area contributed by atoms with Crippen molar-refractivity contribution >= 4 is 46.0 Å². The van der Waals surface area contributed by atoms with Gasteiger partial charge >= 0.3 is 11.9 Å². The van der Waals surface area contributed by atoms with Crippen LogP contribution < -0.4 is 11.1 Å². The molecule has 0 aromatic carbocycles. The fourth-order valence-corrected chi connectivity index (χ4v) is 4.88. The van der Waals surface area contributed by atoms with Crippen LogP contribution in [-0.4, -0.2) is 56.4 Å². The van der Waals surface area contributed by atoms with Gasteiger partial charge in [0.05, 0.1) is 6.42 Å². The molecule has 0 radical (unpaired) electrons. The SMILES string of the molecule is C=C[C@H](CC(=O)O)OC(=O)[C@@H](NC(=O)[C@]1(CC)CSC(c2csc(CN)n2)=N1)C(C)C. The van der Waals surface area contributed by atoms with E-state index < -0.39 is 36.0 Å². The van der Waals surface area contributed by atoms with Crippen LogP contribution in [0.2, 0.25) is 0 Å². The van der Waals surface area contributed by atoms with Gasteiger partial charge in [-0.05, 0) is 12.3 Å². The molecule has 0 saturated heterocycles. The normalized spacial score (nSPS) is 20.1. The van der Waals surface area contributed by atoms with Crippen molar-refractivity contribution in [1.29, 1.82) is 0 Å². The number of esters is 1. The lowest BCUT2D eigenvalue weighted by molar-refractivity contribution is -0.155. The minimum atomic E-state index is -1.11. The standard InChI is InChI=1S/C20H28N4O5S2/c1-5-12(7-15(25)26)29-18(27)16(11(3)4)23-19(28)20(6-2)10-31-17(24-20)13-9-30-14(8-21)22-13/h5,9,11-12,16H,1,6-8,10,21H2,2-4H3,(H,23,28)(H,25,26)/t12-,16+,20+/m1/s1. The van der Waals surface area contributed by atoms with Gasteiger partial charge in [-0.3, -0.25) is 14.6 Å². The molecule has 1 aromatic heterocycles. The first-order valence-corrected chi connectivity index (χ1v) is 11.8. The second-order valence-electron chi connectivity index (χ2n) is 7.43. The predicted molar refractivity (Wildman–Crippen MR) is 121 cm³/mol. The van der Waals surface area contributed by atoms with Gasteiger partial charge in [-0.25, -0.2) is 9.78 Å². The average molecular weight is 469 g/mol. The average Bonchev–Trinajstić information content (AvgIpc) is 3.38. The Hall–Kier alpha value is -2.24. The number of hydrogen-bond acceptors (Lipinski definition) is 9. The summed E-state index contributed by atoms with van der Waals surface area (Å²) in [6.45, 7) is 9.25. The Morgan fingerprint density at radius 3 is 2.68 bits per heavy atom. The lowest BCUT2D eigenvalue weighted by Crippen LogP contribution is -2.54. The van der Waals surface area contributed by atoms with Crippen molar-refractivity contribution < 1.29 is 24.2 Å². The first-order valence-electron chi connectivity index (χ1n) is 9.89. The number of nitrogens with zero attached hydrogens (tertiary/aromatic N) is 2. The highest BCUT2D eigenvalue weighted by atomic mass is 32.2. The van der Waals surface area contributed by atoms with Gasteiger partial charge in [0.25, 0.3) is 0 Å². The van der Waals surface area contributed by atoms with Crippen molar-refractivity contribution in [2.24, 2.45) is 16.6 Å². The van der Waals surface area contributed by atoms with Gasteiger partial charge in [-0.2, -0.15) is 0 Å². The van der Waals surface area contributed by atoms with Gasteiger partial charge in [-0.15, -0.1) is 23.1 Å². The van der Waals surface area contributed by atoms with Crippen LogP contribution in [0.3, 0.4) is 0 Å². The van der Waals surface area contributed by atoms with Gasteiger partial charge in [0.1, 0.15) is 33.4 Å². The molecule has 11 heteroatoms. The van der Waals surface area contributed by atoms with Gasteiger partial charge in [-0.1, -0.05) is 33.4 Å². The van der Waals surface area contributed by atoms with E-state index in [1.165, 1.54) is 29.2 Å².